The van der Waals surface area contributed by atoms with Crippen LogP contribution in [0, 0.1) is 11.7 Å². The fourth-order valence-electron chi connectivity index (χ4n) is 3.56. The van der Waals surface area contributed by atoms with Gasteiger partial charge >= 0.3 is 0 Å². The Hall–Kier alpha value is -2.40. The summed E-state index contributed by atoms with van der Waals surface area (Å²) in [5, 5.41) is 12.1. The minimum atomic E-state index is -0.285. The van der Waals surface area contributed by atoms with Crippen molar-refractivity contribution in [3.8, 4) is 5.75 Å². The fourth-order valence-corrected chi connectivity index (χ4v) is 3.56. The van der Waals surface area contributed by atoms with Gasteiger partial charge in [-0.15, -0.1) is 0 Å². The number of nitrogens with one attached hydrogen (secondary N) is 1. The number of halogens is 1. The lowest BCUT2D eigenvalue weighted by Gasteiger charge is -2.31. The van der Waals surface area contributed by atoms with Crippen LogP contribution in [-0.4, -0.2) is 35.5 Å². The van der Waals surface area contributed by atoms with Gasteiger partial charge in [-0.05, 0) is 68.5 Å². The summed E-state index contributed by atoms with van der Waals surface area (Å²) in [6.45, 7) is 2.45. The molecule has 1 heterocycles. The molecule has 0 bridgehead atoms. The summed E-state index contributed by atoms with van der Waals surface area (Å²) >= 11 is 0. The van der Waals surface area contributed by atoms with Crippen LogP contribution in [0.1, 0.15) is 30.4 Å². The highest BCUT2D eigenvalue weighted by molar-refractivity contribution is 5.78. The topological polar surface area (TPSA) is 52.6 Å². The highest BCUT2D eigenvalue weighted by Crippen LogP contribution is 2.23. The van der Waals surface area contributed by atoms with E-state index >= 15 is 0 Å². The maximum absolute atomic E-state index is 13.6. The molecule has 1 aliphatic rings. The second kappa shape index (κ2) is 9.51. The van der Waals surface area contributed by atoms with E-state index < -0.39 is 0 Å². The van der Waals surface area contributed by atoms with E-state index in [1.165, 1.54) is 11.6 Å². The first kappa shape index (κ1) is 19.4. The summed E-state index contributed by atoms with van der Waals surface area (Å²) < 4.78 is 13.6. The molecule has 2 aromatic rings. The summed E-state index contributed by atoms with van der Waals surface area (Å²) in [7, 11) is 0. The van der Waals surface area contributed by atoms with Gasteiger partial charge < -0.3 is 10.4 Å². The number of likely N-dealkylation sites (tertiary alicyclic amines) is 1. The van der Waals surface area contributed by atoms with Crippen LogP contribution < -0.4 is 5.32 Å². The van der Waals surface area contributed by atoms with Gasteiger partial charge in [0.2, 0.25) is 5.91 Å². The van der Waals surface area contributed by atoms with Gasteiger partial charge in [-0.2, -0.15) is 0 Å². The number of aryl methyl sites for hydroxylation is 1. The number of phenolic OH excluding ortho intramolecular Hbond substituents is 1. The van der Waals surface area contributed by atoms with Gasteiger partial charge in [0.05, 0.1) is 6.54 Å². The van der Waals surface area contributed by atoms with Crippen molar-refractivity contribution in [3.63, 3.8) is 0 Å². The summed E-state index contributed by atoms with van der Waals surface area (Å²) in [5.74, 6) is 0.643. The van der Waals surface area contributed by atoms with E-state index in [0.717, 1.165) is 38.8 Å². The van der Waals surface area contributed by atoms with Crippen molar-refractivity contribution >= 4 is 5.91 Å². The van der Waals surface area contributed by atoms with Gasteiger partial charge in [0.25, 0.3) is 0 Å². The molecule has 2 N–H and O–H groups in total. The van der Waals surface area contributed by atoms with Crippen LogP contribution in [0.15, 0.2) is 48.5 Å². The molecule has 0 spiro atoms. The van der Waals surface area contributed by atoms with E-state index in [1.54, 1.807) is 30.3 Å². The number of carbonyl (C=O) groups excluding carboxylic acids is 1. The first-order valence-electron chi connectivity index (χ1n) is 9.60. The zero-order valence-electron chi connectivity index (χ0n) is 15.5. The third-order valence-corrected chi connectivity index (χ3v) is 5.29. The summed E-state index contributed by atoms with van der Waals surface area (Å²) in [6, 6.07) is 13.9. The molecule has 0 saturated carbocycles. The monoisotopic (exact) mass is 370 g/mol. The van der Waals surface area contributed by atoms with Crippen molar-refractivity contribution in [1.29, 1.82) is 0 Å². The molecule has 2 aromatic carbocycles. The Kier molecular flexibility index (Phi) is 6.82. The molecule has 0 aliphatic carbocycles. The molecule has 0 radical (unpaired) electrons. The van der Waals surface area contributed by atoms with Crippen molar-refractivity contribution in [1.82, 2.24) is 10.2 Å². The number of hydrogen-bond donors (Lipinski definition) is 2. The third-order valence-electron chi connectivity index (χ3n) is 5.29. The number of hydrogen-bond acceptors (Lipinski definition) is 3. The van der Waals surface area contributed by atoms with Crippen LogP contribution in [0.3, 0.4) is 0 Å². The Morgan fingerprint density at radius 3 is 2.52 bits per heavy atom. The number of piperidine rings is 1. The fraction of sp³-hybridized carbons (Fsp3) is 0.409. The van der Waals surface area contributed by atoms with Crippen LogP contribution >= 0.6 is 0 Å². The van der Waals surface area contributed by atoms with Gasteiger partial charge in [0.15, 0.2) is 0 Å². The average Bonchev–Trinajstić information content (AvgIpc) is 2.68. The average molecular weight is 370 g/mol. The van der Waals surface area contributed by atoms with Crippen molar-refractivity contribution in [2.45, 2.75) is 32.2 Å². The zero-order chi connectivity index (χ0) is 19.1. The lowest BCUT2D eigenvalue weighted by Crippen LogP contribution is -2.41. The highest BCUT2D eigenvalue weighted by atomic mass is 19.1. The largest absolute Gasteiger partial charge is 0.508 e. The molecule has 27 heavy (non-hydrogen) atoms. The number of amides is 1. The Bertz CT molecular complexity index is 740. The third kappa shape index (κ3) is 6.07. The molecule has 5 heteroatoms. The van der Waals surface area contributed by atoms with Gasteiger partial charge in [-0.3, -0.25) is 9.69 Å². The molecule has 1 aliphatic heterocycles. The molecule has 0 atom stereocenters. The van der Waals surface area contributed by atoms with Crippen LogP contribution in [0.2, 0.25) is 0 Å². The van der Waals surface area contributed by atoms with Gasteiger partial charge in [0, 0.05) is 12.1 Å². The first-order valence-corrected chi connectivity index (χ1v) is 9.60. The number of rotatable bonds is 7. The molecule has 3 rings (SSSR count). The van der Waals surface area contributed by atoms with E-state index in [1.807, 2.05) is 12.1 Å². The maximum Gasteiger partial charge on any atom is 0.234 e. The molecular formula is C22H27FN2O2. The van der Waals surface area contributed by atoms with Crippen LogP contribution in [0.5, 0.6) is 5.75 Å². The molecule has 0 unspecified atom stereocenters. The molecule has 0 aromatic heterocycles. The van der Waals surface area contributed by atoms with E-state index in [0.29, 0.717) is 23.8 Å². The smallest absolute Gasteiger partial charge is 0.234 e. The molecule has 4 nitrogen and oxygen atoms in total. The van der Waals surface area contributed by atoms with Crippen molar-refractivity contribution in [2.75, 3.05) is 19.6 Å². The standard InChI is InChI=1S/C22H27FN2O2/c23-21-4-2-1-3-19(21)15-24-22(27)16-25-13-11-18(12-14-25)6-5-17-7-9-20(26)10-8-17/h1-4,7-10,18,26H,5-6,11-16H2,(H,24,27). The SMILES string of the molecule is O=C(CN1CCC(CCc2ccc(O)cc2)CC1)NCc1ccccc1F. The lowest BCUT2D eigenvalue weighted by molar-refractivity contribution is -0.122. The van der Waals surface area contributed by atoms with E-state index in [4.69, 9.17) is 0 Å². The van der Waals surface area contributed by atoms with E-state index in [9.17, 15) is 14.3 Å². The molecule has 144 valence electrons. The Labute approximate surface area is 160 Å². The second-order valence-corrected chi connectivity index (χ2v) is 7.29. The Morgan fingerprint density at radius 2 is 1.81 bits per heavy atom. The number of nitrogens with zero attached hydrogens (tertiary/aromatic N) is 1. The van der Waals surface area contributed by atoms with Gasteiger partial charge in [0.1, 0.15) is 11.6 Å². The Morgan fingerprint density at radius 1 is 1.11 bits per heavy atom. The minimum Gasteiger partial charge on any atom is -0.508 e. The second-order valence-electron chi connectivity index (χ2n) is 7.29. The molecular weight excluding hydrogens is 343 g/mol. The quantitative estimate of drug-likeness (QED) is 0.784. The predicted octanol–water partition coefficient (Wildman–Crippen LogP) is 3.49. The van der Waals surface area contributed by atoms with Gasteiger partial charge in [-0.1, -0.05) is 30.3 Å². The van der Waals surface area contributed by atoms with Crippen LogP contribution in [0.25, 0.3) is 0 Å². The van der Waals surface area contributed by atoms with Crippen molar-refractivity contribution in [3.05, 3.63) is 65.5 Å². The van der Waals surface area contributed by atoms with E-state index in [2.05, 4.69) is 10.2 Å². The summed E-state index contributed by atoms with van der Waals surface area (Å²) in [4.78, 5) is 14.3. The minimum absolute atomic E-state index is 0.0548. The molecule has 1 amide bonds. The van der Waals surface area contributed by atoms with E-state index in [-0.39, 0.29) is 18.3 Å². The number of aromatic hydroxyl groups is 1. The number of phenols is 1. The number of benzene rings is 2. The predicted molar refractivity (Wildman–Crippen MR) is 104 cm³/mol. The highest BCUT2D eigenvalue weighted by Gasteiger charge is 2.20. The van der Waals surface area contributed by atoms with Crippen molar-refractivity contribution in [2.24, 2.45) is 5.92 Å². The normalized spacial score (nSPS) is 15.6. The lowest BCUT2D eigenvalue weighted by atomic mass is 9.90. The zero-order valence-corrected chi connectivity index (χ0v) is 15.5. The molecule has 1 fully saturated rings. The number of carbonyl (C=O) groups is 1. The summed E-state index contributed by atoms with van der Waals surface area (Å²) in [6.07, 6.45) is 4.35. The summed E-state index contributed by atoms with van der Waals surface area (Å²) in [5.41, 5.74) is 1.77. The Balaban J connectivity index is 1.34. The first-order chi connectivity index (χ1) is 13.1. The van der Waals surface area contributed by atoms with Gasteiger partial charge in [-0.25, -0.2) is 4.39 Å². The van der Waals surface area contributed by atoms with Crippen LogP contribution in [0.4, 0.5) is 4.39 Å². The molecule has 1 saturated heterocycles. The van der Waals surface area contributed by atoms with Crippen molar-refractivity contribution < 1.29 is 14.3 Å². The van der Waals surface area contributed by atoms with Crippen LogP contribution in [-0.2, 0) is 17.8 Å². The maximum atomic E-state index is 13.6.